The molecule has 4 rings (SSSR count). The number of benzene rings is 4. The van der Waals surface area contributed by atoms with Crippen molar-refractivity contribution in [2.24, 2.45) is 0 Å². The van der Waals surface area contributed by atoms with E-state index in [-0.39, 0.29) is 0 Å². The summed E-state index contributed by atoms with van der Waals surface area (Å²) in [7, 11) is 1.62. The lowest BCUT2D eigenvalue weighted by atomic mass is 9.98. The summed E-state index contributed by atoms with van der Waals surface area (Å²) in [5.74, 6) is 1.47. The fourth-order valence-corrected chi connectivity index (χ4v) is 3.51. The Morgan fingerprint density at radius 3 is 2.39 bits per heavy atom. The molecule has 3 nitrogen and oxygen atoms in total. The summed E-state index contributed by atoms with van der Waals surface area (Å²) < 4.78 is 11.4. The summed E-state index contributed by atoms with van der Waals surface area (Å²) in [5, 5.41) is 12.7. The van der Waals surface area contributed by atoms with E-state index < -0.39 is 0 Å². The van der Waals surface area contributed by atoms with Crippen molar-refractivity contribution in [3.05, 3.63) is 107 Å². The van der Waals surface area contributed by atoms with Crippen LogP contribution in [0.5, 0.6) is 11.5 Å². The smallest absolute Gasteiger partial charge is 0.127 e. The molecular formula is C27H20ClNO2. The van der Waals surface area contributed by atoms with Gasteiger partial charge in [0.1, 0.15) is 18.1 Å². The molecule has 0 heterocycles. The van der Waals surface area contributed by atoms with Gasteiger partial charge in [0.2, 0.25) is 0 Å². The van der Waals surface area contributed by atoms with Crippen molar-refractivity contribution in [1.82, 2.24) is 0 Å². The predicted octanol–water partition coefficient (Wildman–Crippen LogP) is 7.14. The fourth-order valence-electron chi connectivity index (χ4n) is 3.39. The molecule has 4 aromatic carbocycles. The lowest BCUT2D eigenvalue weighted by Gasteiger charge is -2.13. The third-order valence-electron chi connectivity index (χ3n) is 5.05. The zero-order chi connectivity index (χ0) is 21.6. The van der Waals surface area contributed by atoms with Gasteiger partial charge in [-0.25, -0.2) is 0 Å². The van der Waals surface area contributed by atoms with E-state index in [9.17, 15) is 5.26 Å². The van der Waals surface area contributed by atoms with Crippen molar-refractivity contribution < 1.29 is 9.47 Å². The van der Waals surface area contributed by atoms with Crippen LogP contribution in [0, 0.1) is 11.3 Å². The van der Waals surface area contributed by atoms with Gasteiger partial charge < -0.3 is 9.47 Å². The molecule has 0 unspecified atom stereocenters. The van der Waals surface area contributed by atoms with E-state index in [0.717, 1.165) is 39.0 Å². The van der Waals surface area contributed by atoms with Crippen molar-refractivity contribution in [1.29, 1.82) is 5.26 Å². The maximum absolute atomic E-state index is 9.86. The van der Waals surface area contributed by atoms with Crippen LogP contribution in [-0.2, 0) is 6.61 Å². The summed E-state index contributed by atoms with van der Waals surface area (Å²) >= 11 is 5.98. The zero-order valence-corrected chi connectivity index (χ0v) is 17.8. The topological polar surface area (TPSA) is 42.2 Å². The quantitative estimate of drug-likeness (QED) is 0.243. The monoisotopic (exact) mass is 425 g/mol. The van der Waals surface area contributed by atoms with Crippen molar-refractivity contribution in [3.63, 3.8) is 0 Å². The number of fused-ring (bicyclic) bond motifs is 1. The third-order valence-corrected chi connectivity index (χ3v) is 5.30. The molecule has 0 radical (unpaired) electrons. The molecule has 152 valence electrons. The molecule has 0 amide bonds. The van der Waals surface area contributed by atoms with Crippen molar-refractivity contribution in [2.75, 3.05) is 7.11 Å². The minimum absolute atomic E-state index is 0.404. The molecule has 4 heteroatoms. The number of hydrogen-bond acceptors (Lipinski definition) is 3. The van der Waals surface area contributed by atoms with Crippen LogP contribution in [-0.4, -0.2) is 7.11 Å². The number of rotatable bonds is 6. The van der Waals surface area contributed by atoms with Crippen molar-refractivity contribution in [3.8, 4) is 17.6 Å². The van der Waals surface area contributed by atoms with Gasteiger partial charge in [-0.1, -0.05) is 54.1 Å². The Balaban J connectivity index is 1.76. The van der Waals surface area contributed by atoms with Gasteiger partial charge in [-0.05, 0) is 70.4 Å². The van der Waals surface area contributed by atoms with Gasteiger partial charge in [0, 0.05) is 10.6 Å². The summed E-state index contributed by atoms with van der Waals surface area (Å²) in [5.41, 5.74) is 3.26. The highest BCUT2D eigenvalue weighted by molar-refractivity contribution is 6.30. The Bertz CT molecular complexity index is 1270. The van der Waals surface area contributed by atoms with Crippen molar-refractivity contribution >= 4 is 34.0 Å². The van der Waals surface area contributed by atoms with Gasteiger partial charge in [0.05, 0.1) is 18.8 Å². The maximum atomic E-state index is 9.86. The molecule has 4 aromatic rings. The largest absolute Gasteiger partial charge is 0.497 e. The molecule has 31 heavy (non-hydrogen) atoms. The Labute approximate surface area is 186 Å². The molecule has 0 spiro atoms. The van der Waals surface area contributed by atoms with Crippen LogP contribution >= 0.6 is 11.6 Å². The normalized spacial score (nSPS) is 11.2. The number of methoxy groups -OCH3 is 1. The van der Waals surface area contributed by atoms with Crippen molar-refractivity contribution in [2.45, 2.75) is 6.61 Å². The predicted molar refractivity (Wildman–Crippen MR) is 126 cm³/mol. The Morgan fingerprint density at radius 1 is 0.935 bits per heavy atom. The second-order valence-electron chi connectivity index (χ2n) is 7.01. The van der Waals surface area contributed by atoms with E-state index in [0.29, 0.717) is 17.2 Å². The molecular weight excluding hydrogens is 406 g/mol. The second kappa shape index (κ2) is 9.38. The lowest BCUT2D eigenvalue weighted by Crippen LogP contribution is -1.98. The number of nitrogens with zero attached hydrogens (tertiary/aromatic N) is 1. The van der Waals surface area contributed by atoms with Crippen LogP contribution in [0.15, 0.2) is 84.9 Å². The van der Waals surface area contributed by atoms with E-state index in [1.807, 2.05) is 84.9 Å². The second-order valence-corrected chi connectivity index (χ2v) is 7.45. The van der Waals surface area contributed by atoms with Gasteiger partial charge >= 0.3 is 0 Å². The first-order valence-electron chi connectivity index (χ1n) is 9.83. The molecule has 0 aliphatic carbocycles. The molecule has 0 aromatic heterocycles. The zero-order valence-electron chi connectivity index (χ0n) is 17.0. The standard InChI is InChI=1S/C27H20ClNO2/c1-30-24-13-8-20(9-14-24)22(17-29)16-26-25-5-3-2-4-21(25)10-15-27(26)31-18-19-6-11-23(28)12-7-19/h2-16H,18H2,1H3/b22-16+. The molecule has 0 atom stereocenters. The maximum Gasteiger partial charge on any atom is 0.127 e. The molecule has 0 bridgehead atoms. The van der Waals surface area contributed by atoms with Crippen LogP contribution in [0.4, 0.5) is 0 Å². The van der Waals surface area contributed by atoms with Gasteiger partial charge in [-0.15, -0.1) is 0 Å². The van der Waals surface area contributed by atoms with Gasteiger partial charge in [0.25, 0.3) is 0 Å². The highest BCUT2D eigenvalue weighted by Gasteiger charge is 2.10. The molecule has 0 aliphatic rings. The van der Waals surface area contributed by atoms with Gasteiger partial charge in [-0.3, -0.25) is 0 Å². The lowest BCUT2D eigenvalue weighted by molar-refractivity contribution is 0.306. The summed E-state index contributed by atoms with van der Waals surface area (Å²) in [6.07, 6.45) is 1.89. The molecule has 0 fully saturated rings. The molecule has 0 aliphatic heterocycles. The van der Waals surface area contributed by atoms with Crippen LogP contribution in [0.25, 0.3) is 22.4 Å². The minimum atomic E-state index is 0.404. The number of ether oxygens (including phenoxy) is 2. The van der Waals surface area contributed by atoms with Crippen LogP contribution in [0.2, 0.25) is 5.02 Å². The van der Waals surface area contributed by atoms with Gasteiger partial charge in [-0.2, -0.15) is 5.26 Å². The first kappa shape index (κ1) is 20.5. The number of allylic oxidation sites excluding steroid dienone is 1. The summed E-state index contributed by atoms with van der Waals surface area (Å²) in [4.78, 5) is 0. The Hall–Kier alpha value is -3.74. The molecule has 0 saturated carbocycles. The Kier molecular flexibility index (Phi) is 6.21. The molecule has 0 saturated heterocycles. The Morgan fingerprint density at radius 2 is 1.68 bits per heavy atom. The highest BCUT2D eigenvalue weighted by Crippen LogP contribution is 2.33. The van der Waals surface area contributed by atoms with Crippen LogP contribution < -0.4 is 9.47 Å². The molecule has 0 N–H and O–H groups in total. The first-order chi connectivity index (χ1) is 15.2. The van der Waals surface area contributed by atoms with Crippen LogP contribution in [0.1, 0.15) is 16.7 Å². The third kappa shape index (κ3) is 4.71. The average molecular weight is 426 g/mol. The number of hydrogen-bond donors (Lipinski definition) is 0. The first-order valence-corrected chi connectivity index (χ1v) is 10.2. The summed E-state index contributed by atoms with van der Waals surface area (Å²) in [6, 6.07) is 29.4. The number of nitriles is 1. The van der Waals surface area contributed by atoms with E-state index in [2.05, 4.69) is 12.1 Å². The number of halogens is 1. The van der Waals surface area contributed by atoms with E-state index in [1.165, 1.54) is 0 Å². The fraction of sp³-hybridized carbons (Fsp3) is 0.0741. The van der Waals surface area contributed by atoms with Gasteiger partial charge in [0.15, 0.2) is 0 Å². The summed E-state index contributed by atoms with van der Waals surface area (Å²) in [6.45, 7) is 0.404. The SMILES string of the molecule is COc1ccc(/C(C#N)=C/c2c(OCc3ccc(Cl)cc3)ccc3ccccc23)cc1. The van der Waals surface area contributed by atoms with E-state index in [1.54, 1.807) is 7.11 Å². The highest BCUT2D eigenvalue weighted by atomic mass is 35.5. The average Bonchev–Trinajstić information content (AvgIpc) is 2.82. The van der Waals surface area contributed by atoms with E-state index in [4.69, 9.17) is 21.1 Å². The van der Waals surface area contributed by atoms with Crippen LogP contribution in [0.3, 0.4) is 0 Å². The minimum Gasteiger partial charge on any atom is -0.497 e. The van der Waals surface area contributed by atoms with E-state index >= 15 is 0 Å².